The molecule has 3 rings (SSSR count). The predicted octanol–water partition coefficient (Wildman–Crippen LogP) is 4.77. The lowest BCUT2D eigenvalue weighted by molar-refractivity contribution is -0.146. The van der Waals surface area contributed by atoms with Crippen LogP contribution in [0.2, 0.25) is 0 Å². The van der Waals surface area contributed by atoms with Gasteiger partial charge in [-0.2, -0.15) is 0 Å². The molecule has 44 heavy (non-hydrogen) atoms. The maximum atomic E-state index is 13.5. The third-order valence-corrected chi connectivity index (χ3v) is 7.03. The zero-order valence-electron chi connectivity index (χ0n) is 25.0. The summed E-state index contributed by atoms with van der Waals surface area (Å²) in [5.74, 6) is -2.78. The van der Waals surface area contributed by atoms with Gasteiger partial charge in [0, 0.05) is 31.6 Å². The Morgan fingerprint density at radius 1 is 0.909 bits per heavy atom. The van der Waals surface area contributed by atoms with E-state index in [2.05, 4.69) is 23.8 Å². The van der Waals surface area contributed by atoms with Gasteiger partial charge in [-0.15, -0.1) is 13.2 Å². The van der Waals surface area contributed by atoms with Gasteiger partial charge in [0.1, 0.15) is 12.6 Å². The van der Waals surface area contributed by atoms with Gasteiger partial charge in [0.15, 0.2) is 0 Å². The molecule has 0 radical (unpaired) electrons. The number of hydrogen-bond donors (Lipinski definition) is 3. The number of unbranched alkanes of at least 4 members (excludes halogenated alkanes) is 1. The first-order chi connectivity index (χ1) is 21.3. The number of nitrogens with zero attached hydrogens (tertiary/aromatic N) is 1. The number of fused-ring (bicyclic) bond motifs is 1. The lowest BCUT2D eigenvalue weighted by Crippen LogP contribution is -2.49. The van der Waals surface area contributed by atoms with Crippen LogP contribution in [-0.4, -0.2) is 59.5 Å². The number of hydrogen-bond acceptors (Lipinski definition) is 6. The van der Waals surface area contributed by atoms with E-state index in [4.69, 9.17) is 4.74 Å². The van der Waals surface area contributed by atoms with Gasteiger partial charge in [-0.1, -0.05) is 72.8 Å². The fourth-order valence-electron chi connectivity index (χ4n) is 4.65. The number of aliphatic hydroxyl groups is 1. The monoisotopic (exact) mass is 599 g/mol. The van der Waals surface area contributed by atoms with Gasteiger partial charge >= 0.3 is 5.97 Å². The summed E-state index contributed by atoms with van der Waals surface area (Å²) in [6.07, 6.45) is 4.60. The van der Waals surface area contributed by atoms with Crippen LogP contribution < -0.4 is 10.6 Å². The molecule has 0 aliphatic heterocycles. The zero-order valence-corrected chi connectivity index (χ0v) is 25.0. The third-order valence-electron chi connectivity index (χ3n) is 7.03. The summed E-state index contributed by atoms with van der Waals surface area (Å²) in [6.45, 7) is 7.15. The van der Waals surface area contributed by atoms with Crippen molar-refractivity contribution >= 4 is 40.2 Å². The molecule has 9 heteroatoms. The second-order valence-corrected chi connectivity index (χ2v) is 10.4. The van der Waals surface area contributed by atoms with Gasteiger partial charge in [-0.3, -0.25) is 19.2 Å². The Bertz CT molecular complexity index is 1420. The summed E-state index contributed by atoms with van der Waals surface area (Å²) >= 11 is 0. The van der Waals surface area contributed by atoms with Crippen molar-refractivity contribution in [3.63, 3.8) is 0 Å². The summed E-state index contributed by atoms with van der Waals surface area (Å²) in [6, 6.07) is 21.3. The standard InChI is InChI=1S/C35H41N3O6/c1-3-5-7-17-33(41)44-25-31(35(43)36-30-19-18-27-15-10-11-16-28(27)22-30)37-34(42)29(12-4-2)23-32(40)38(20-21-39)24-26-13-8-6-9-14-26/h3-4,6,8-11,13-16,18-19,22,29,31,39H,1-2,5,7,12,17,20-21,23-25H2,(H,36,43)(H,37,42). The number of rotatable bonds is 18. The maximum Gasteiger partial charge on any atom is 0.305 e. The number of amides is 3. The molecule has 0 fully saturated rings. The van der Waals surface area contributed by atoms with E-state index in [9.17, 15) is 24.3 Å². The zero-order chi connectivity index (χ0) is 31.7. The summed E-state index contributed by atoms with van der Waals surface area (Å²) in [7, 11) is 0. The molecule has 2 unspecified atom stereocenters. The van der Waals surface area contributed by atoms with Crippen LogP contribution in [0.25, 0.3) is 10.8 Å². The van der Waals surface area contributed by atoms with Crippen LogP contribution in [0.3, 0.4) is 0 Å². The number of carbonyl (C=O) groups is 4. The molecule has 0 heterocycles. The molecule has 9 nitrogen and oxygen atoms in total. The van der Waals surface area contributed by atoms with Crippen LogP contribution in [0.1, 0.15) is 37.7 Å². The molecule has 0 aliphatic rings. The highest BCUT2D eigenvalue weighted by molar-refractivity contribution is 5.99. The van der Waals surface area contributed by atoms with Crippen LogP contribution in [0.15, 0.2) is 98.1 Å². The molecule has 232 valence electrons. The molecular weight excluding hydrogens is 558 g/mol. The van der Waals surface area contributed by atoms with Crippen molar-refractivity contribution in [3.05, 3.63) is 104 Å². The van der Waals surface area contributed by atoms with Crippen molar-refractivity contribution in [1.82, 2.24) is 10.2 Å². The second-order valence-electron chi connectivity index (χ2n) is 10.4. The van der Waals surface area contributed by atoms with Crippen molar-refractivity contribution in [2.45, 2.75) is 44.7 Å². The Morgan fingerprint density at radius 2 is 1.64 bits per heavy atom. The first-order valence-corrected chi connectivity index (χ1v) is 14.7. The van der Waals surface area contributed by atoms with Crippen LogP contribution in [0, 0.1) is 5.92 Å². The lowest BCUT2D eigenvalue weighted by Gasteiger charge is -2.25. The number of carbonyl (C=O) groups excluding carboxylic acids is 4. The number of esters is 1. The molecule has 0 bridgehead atoms. The summed E-state index contributed by atoms with van der Waals surface area (Å²) in [4.78, 5) is 54.0. The highest BCUT2D eigenvalue weighted by atomic mass is 16.5. The van der Waals surface area contributed by atoms with E-state index in [-0.39, 0.29) is 51.5 Å². The van der Waals surface area contributed by atoms with Gasteiger partial charge in [0.05, 0.1) is 12.5 Å². The Balaban J connectivity index is 1.74. The average molecular weight is 600 g/mol. The van der Waals surface area contributed by atoms with E-state index >= 15 is 0 Å². The molecule has 3 aromatic rings. The molecule has 3 aromatic carbocycles. The number of allylic oxidation sites excluding steroid dienone is 2. The minimum absolute atomic E-state index is 0.106. The molecule has 3 N–H and O–H groups in total. The number of nitrogens with one attached hydrogen (secondary N) is 2. The van der Waals surface area contributed by atoms with Crippen molar-refractivity contribution in [3.8, 4) is 0 Å². The quantitative estimate of drug-likeness (QED) is 0.110. The highest BCUT2D eigenvalue weighted by Gasteiger charge is 2.29. The largest absolute Gasteiger partial charge is 0.463 e. The van der Waals surface area contributed by atoms with E-state index in [1.807, 2.05) is 66.7 Å². The SMILES string of the molecule is C=CCCCC(=O)OCC(NC(=O)C(CC=C)CC(=O)N(CCO)Cc1ccccc1)C(=O)Nc1ccc2ccccc2c1. The molecule has 0 spiro atoms. The average Bonchev–Trinajstić information content (AvgIpc) is 3.03. The number of ether oxygens (including phenoxy) is 1. The van der Waals surface area contributed by atoms with Gasteiger partial charge < -0.3 is 25.4 Å². The Hall–Kier alpha value is -4.76. The van der Waals surface area contributed by atoms with Gasteiger partial charge in [0.25, 0.3) is 5.91 Å². The van der Waals surface area contributed by atoms with Crippen LogP contribution >= 0.6 is 0 Å². The minimum atomic E-state index is -1.21. The van der Waals surface area contributed by atoms with Crippen molar-refractivity contribution in [2.75, 3.05) is 25.1 Å². The van der Waals surface area contributed by atoms with Gasteiger partial charge in [-0.05, 0) is 47.7 Å². The predicted molar refractivity (Wildman–Crippen MR) is 171 cm³/mol. The Morgan fingerprint density at radius 3 is 2.34 bits per heavy atom. The fraction of sp³-hybridized carbons (Fsp3) is 0.314. The Kier molecular flexibility index (Phi) is 13.8. The van der Waals surface area contributed by atoms with Crippen molar-refractivity contribution < 1.29 is 29.0 Å². The minimum Gasteiger partial charge on any atom is -0.463 e. The number of anilines is 1. The lowest BCUT2D eigenvalue weighted by atomic mass is 9.98. The van der Waals surface area contributed by atoms with E-state index < -0.39 is 29.7 Å². The van der Waals surface area contributed by atoms with Crippen LogP contribution in [0.5, 0.6) is 0 Å². The van der Waals surface area contributed by atoms with Crippen LogP contribution in [0.4, 0.5) is 5.69 Å². The molecule has 0 saturated heterocycles. The van der Waals surface area contributed by atoms with Crippen molar-refractivity contribution in [2.24, 2.45) is 5.92 Å². The first kappa shape index (κ1) is 33.7. The number of benzene rings is 3. The van der Waals surface area contributed by atoms with Crippen LogP contribution in [-0.2, 0) is 30.5 Å². The molecule has 0 aromatic heterocycles. The van der Waals surface area contributed by atoms with E-state index in [1.165, 1.54) is 11.0 Å². The second kappa shape index (κ2) is 18.0. The summed E-state index contributed by atoms with van der Waals surface area (Å²) in [5.41, 5.74) is 1.41. The fourth-order valence-corrected chi connectivity index (χ4v) is 4.65. The molecule has 2 atom stereocenters. The maximum absolute atomic E-state index is 13.5. The summed E-state index contributed by atoms with van der Waals surface area (Å²) < 4.78 is 5.37. The van der Waals surface area contributed by atoms with Crippen molar-refractivity contribution in [1.29, 1.82) is 0 Å². The highest BCUT2D eigenvalue weighted by Crippen LogP contribution is 2.20. The Labute approximate surface area is 258 Å². The molecule has 0 aliphatic carbocycles. The van der Waals surface area contributed by atoms with E-state index in [0.29, 0.717) is 18.5 Å². The molecular formula is C35H41N3O6. The molecule has 0 saturated carbocycles. The van der Waals surface area contributed by atoms with E-state index in [0.717, 1.165) is 16.3 Å². The van der Waals surface area contributed by atoms with E-state index in [1.54, 1.807) is 12.1 Å². The molecule has 3 amide bonds. The normalized spacial score (nSPS) is 12.0. The van der Waals surface area contributed by atoms with Gasteiger partial charge in [0.2, 0.25) is 11.8 Å². The topological polar surface area (TPSA) is 125 Å². The number of aliphatic hydroxyl groups excluding tert-OH is 1. The van der Waals surface area contributed by atoms with Gasteiger partial charge in [-0.25, -0.2) is 0 Å². The summed E-state index contributed by atoms with van der Waals surface area (Å²) in [5, 5.41) is 17.0. The smallest absolute Gasteiger partial charge is 0.305 e. The third kappa shape index (κ3) is 10.8. The first-order valence-electron chi connectivity index (χ1n) is 14.7.